The van der Waals surface area contributed by atoms with Gasteiger partial charge in [0.15, 0.2) is 27.3 Å². The van der Waals surface area contributed by atoms with Crippen molar-refractivity contribution in [3.63, 3.8) is 0 Å². The molecule has 3 aromatic rings. The molecule has 2 saturated carbocycles. The lowest BCUT2D eigenvalue weighted by Gasteiger charge is -2.45. The highest BCUT2D eigenvalue weighted by Crippen LogP contribution is 2.61. The minimum atomic E-state index is -4.12. The number of halogens is 4. The average Bonchev–Trinajstić information content (AvgIpc) is 3.04. The molecule has 1 heterocycles. The van der Waals surface area contributed by atoms with Crippen LogP contribution in [-0.2, 0) is 20.2 Å². The Labute approximate surface area is 239 Å². The summed E-state index contributed by atoms with van der Waals surface area (Å²) in [6.07, 6.45) is 3.04. The summed E-state index contributed by atoms with van der Waals surface area (Å²) >= 11 is 6.32. The van der Waals surface area contributed by atoms with Gasteiger partial charge in [0.05, 0.1) is 15.2 Å². The number of carbonyl (C=O) groups is 2. The number of benzene rings is 2. The van der Waals surface area contributed by atoms with Crippen LogP contribution in [0.15, 0.2) is 59.8 Å². The van der Waals surface area contributed by atoms with E-state index < -0.39 is 56.1 Å². The van der Waals surface area contributed by atoms with Gasteiger partial charge >= 0.3 is 6.09 Å². The van der Waals surface area contributed by atoms with Crippen molar-refractivity contribution in [3.8, 4) is 0 Å². The Bertz CT molecular complexity index is 1620. The van der Waals surface area contributed by atoms with Gasteiger partial charge < -0.3 is 15.8 Å². The van der Waals surface area contributed by atoms with Crippen molar-refractivity contribution in [2.24, 2.45) is 23.5 Å². The zero-order valence-electron chi connectivity index (χ0n) is 21.6. The quantitative estimate of drug-likeness (QED) is 0.351. The number of hydrogen-bond donors (Lipinski definition) is 2. The van der Waals surface area contributed by atoms with Crippen LogP contribution in [0.5, 0.6) is 0 Å². The number of nitrogens with one attached hydrogen (secondary N) is 1. The number of pyridine rings is 1. The molecule has 5 atom stereocenters. The number of sulfone groups is 1. The van der Waals surface area contributed by atoms with Crippen LogP contribution in [-0.4, -0.2) is 30.7 Å². The van der Waals surface area contributed by atoms with Crippen molar-refractivity contribution in [1.82, 2.24) is 4.98 Å². The van der Waals surface area contributed by atoms with Gasteiger partial charge in [-0.25, -0.2) is 26.4 Å². The molecule has 2 bridgehead atoms. The molecule has 0 aliphatic heterocycles. The molecule has 0 radical (unpaired) electrons. The number of nitrogens with zero attached hydrogens (tertiary/aromatic N) is 1. The number of hydrogen-bond acceptors (Lipinski definition) is 6. The Morgan fingerprint density at radius 3 is 2.41 bits per heavy atom. The summed E-state index contributed by atoms with van der Waals surface area (Å²) in [4.78, 5) is 28.8. The van der Waals surface area contributed by atoms with Gasteiger partial charge in [0.2, 0.25) is 0 Å². The SMILES string of the molecule is C[C@H]1CC2C[C@@H](S(=O)(=O)c3cc(C(=O)Nc4cc(F)c(F)c(F)c4)ccc3Cl)C[C@H]1[C@@]2(OC(N)=O)c1cccnc1. The molecule has 2 aromatic carbocycles. The van der Waals surface area contributed by atoms with Crippen molar-refractivity contribution in [3.05, 3.63) is 88.5 Å². The molecule has 3 N–H and O–H groups in total. The average molecular weight is 608 g/mol. The molecule has 41 heavy (non-hydrogen) atoms. The Hall–Kier alpha value is -3.64. The van der Waals surface area contributed by atoms with E-state index in [9.17, 15) is 31.2 Å². The first kappa shape index (κ1) is 28.9. The lowest BCUT2D eigenvalue weighted by molar-refractivity contribution is -0.0762. The number of amides is 2. The zero-order chi connectivity index (χ0) is 29.7. The van der Waals surface area contributed by atoms with Crippen LogP contribution >= 0.6 is 11.6 Å². The highest BCUT2D eigenvalue weighted by Gasteiger charge is 2.62. The van der Waals surface area contributed by atoms with Crippen molar-refractivity contribution in [1.29, 1.82) is 0 Å². The van der Waals surface area contributed by atoms with Gasteiger partial charge in [0, 0.05) is 53.2 Å². The molecule has 0 spiro atoms. The molecule has 2 aliphatic carbocycles. The summed E-state index contributed by atoms with van der Waals surface area (Å²) in [5, 5.41) is 1.20. The van der Waals surface area contributed by atoms with Crippen LogP contribution < -0.4 is 11.1 Å². The molecule has 2 fully saturated rings. The van der Waals surface area contributed by atoms with E-state index in [0.717, 1.165) is 6.07 Å². The fourth-order valence-corrected chi connectivity index (χ4v) is 8.82. The molecule has 2 aliphatic rings. The molecule has 1 unspecified atom stereocenters. The molecule has 0 saturated heterocycles. The van der Waals surface area contributed by atoms with E-state index >= 15 is 0 Å². The van der Waals surface area contributed by atoms with E-state index in [1.807, 2.05) is 6.92 Å². The first-order valence-electron chi connectivity index (χ1n) is 12.7. The Kier molecular flexibility index (Phi) is 7.49. The van der Waals surface area contributed by atoms with Crippen molar-refractivity contribution < 1.29 is 35.9 Å². The molecule has 5 rings (SSSR count). The predicted octanol–water partition coefficient (Wildman–Crippen LogP) is 5.60. The lowest BCUT2D eigenvalue weighted by atomic mass is 9.69. The van der Waals surface area contributed by atoms with Gasteiger partial charge in [-0.05, 0) is 49.4 Å². The third kappa shape index (κ3) is 5.03. The number of rotatable bonds is 6. The summed E-state index contributed by atoms with van der Waals surface area (Å²) in [5.41, 5.74) is 4.48. The second-order valence-corrected chi connectivity index (χ2v) is 13.1. The Morgan fingerprint density at radius 1 is 1.10 bits per heavy atom. The summed E-state index contributed by atoms with van der Waals surface area (Å²) < 4.78 is 74.2. The molecule has 8 nitrogen and oxygen atoms in total. The summed E-state index contributed by atoms with van der Waals surface area (Å²) in [5.74, 6) is -6.36. The van der Waals surface area contributed by atoms with Crippen molar-refractivity contribution in [2.75, 3.05) is 5.32 Å². The van der Waals surface area contributed by atoms with Gasteiger partial charge in [-0.2, -0.15) is 0 Å². The second kappa shape index (κ2) is 10.6. The number of aromatic nitrogens is 1. The second-order valence-electron chi connectivity index (χ2n) is 10.5. The van der Waals surface area contributed by atoms with Gasteiger partial charge in [0.25, 0.3) is 5.91 Å². The normalized spacial score (nSPS) is 25.5. The number of anilines is 1. The van der Waals surface area contributed by atoms with E-state index in [-0.39, 0.29) is 45.8 Å². The van der Waals surface area contributed by atoms with Gasteiger partial charge in [-0.1, -0.05) is 24.6 Å². The molecular weight excluding hydrogens is 583 g/mol. The maximum absolute atomic E-state index is 14.0. The first-order valence-corrected chi connectivity index (χ1v) is 14.6. The number of fused-ring (bicyclic) bond motifs is 2. The minimum Gasteiger partial charge on any atom is -0.438 e. The maximum atomic E-state index is 14.0. The maximum Gasteiger partial charge on any atom is 0.405 e. The van der Waals surface area contributed by atoms with Gasteiger partial charge in [-0.15, -0.1) is 0 Å². The van der Waals surface area contributed by atoms with Crippen LogP contribution in [0.3, 0.4) is 0 Å². The van der Waals surface area contributed by atoms with E-state index in [4.69, 9.17) is 22.1 Å². The number of primary amides is 1. The fraction of sp³-hybridized carbons (Fsp3) is 0.321. The highest BCUT2D eigenvalue weighted by atomic mass is 35.5. The Morgan fingerprint density at radius 2 is 1.80 bits per heavy atom. The summed E-state index contributed by atoms with van der Waals surface area (Å²) in [6, 6.07) is 8.29. The molecule has 1 aromatic heterocycles. The van der Waals surface area contributed by atoms with Crippen LogP contribution in [0.4, 0.5) is 23.7 Å². The van der Waals surface area contributed by atoms with Gasteiger partial charge in [0.1, 0.15) is 5.60 Å². The highest BCUT2D eigenvalue weighted by molar-refractivity contribution is 7.92. The standard InChI is InChI=1S/C28H25ClF3N3O5S/c1-14-7-17-9-19(12-20(14)28(17,40-27(33)37)16-3-2-6-34-13-16)41(38,39)24-8-15(4-5-21(24)29)26(36)35-18-10-22(30)25(32)23(31)11-18/h2-6,8,10-11,13-14,17,19-20H,7,9,12H2,1H3,(H2,33,37)(H,35,36)/t14-,17?,19+,20+,28+/m0/s1. The number of nitrogens with two attached hydrogens (primary N) is 1. The largest absolute Gasteiger partial charge is 0.438 e. The number of carbonyl (C=O) groups excluding carboxylic acids is 2. The minimum absolute atomic E-state index is 0.0103. The molecule has 216 valence electrons. The third-order valence-corrected chi connectivity index (χ3v) is 10.8. The van der Waals surface area contributed by atoms with Crippen LogP contribution in [0.1, 0.15) is 42.1 Å². The first-order chi connectivity index (χ1) is 19.3. The number of ether oxygens (including phenoxy) is 1. The monoisotopic (exact) mass is 607 g/mol. The fourth-order valence-electron chi connectivity index (χ4n) is 6.44. The summed E-state index contributed by atoms with van der Waals surface area (Å²) in [7, 11) is -4.12. The Balaban J connectivity index is 1.46. The zero-order valence-corrected chi connectivity index (χ0v) is 23.2. The van der Waals surface area contributed by atoms with Crippen LogP contribution in [0.25, 0.3) is 0 Å². The van der Waals surface area contributed by atoms with E-state index in [2.05, 4.69) is 10.3 Å². The van der Waals surface area contributed by atoms with Crippen molar-refractivity contribution in [2.45, 2.75) is 41.9 Å². The predicted molar refractivity (Wildman–Crippen MR) is 143 cm³/mol. The van der Waals surface area contributed by atoms with Crippen LogP contribution in [0, 0.1) is 35.2 Å². The molecular formula is C28H25ClF3N3O5S. The smallest absolute Gasteiger partial charge is 0.405 e. The van der Waals surface area contributed by atoms with Crippen LogP contribution in [0.2, 0.25) is 5.02 Å². The molecule has 2 amide bonds. The third-order valence-electron chi connectivity index (χ3n) is 8.13. The van der Waals surface area contributed by atoms with E-state index in [0.29, 0.717) is 24.1 Å². The van der Waals surface area contributed by atoms with Crippen molar-refractivity contribution >= 4 is 39.1 Å². The molecule has 13 heteroatoms. The lowest BCUT2D eigenvalue weighted by Crippen LogP contribution is -2.50. The van der Waals surface area contributed by atoms with E-state index in [1.165, 1.54) is 12.1 Å². The summed E-state index contributed by atoms with van der Waals surface area (Å²) in [6.45, 7) is 1.97. The topological polar surface area (TPSA) is 128 Å². The van der Waals surface area contributed by atoms with Gasteiger partial charge in [-0.3, -0.25) is 9.78 Å². The van der Waals surface area contributed by atoms with E-state index in [1.54, 1.807) is 24.5 Å².